The van der Waals surface area contributed by atoms with E-state index in [-0.39, 0.29) is 24.5 Å². The van der Waals surface area contributed by atoms with Crippen LogP contribution in [0.1, 0.15) is 43.4 Å². The Morgan fingerprint density at radius 2 is 1.68 bits per heavy atom. The summed E-state index contributed by atoms with van der Waals surface area (Å²) in [5.74, 6) is 0.174. The van der Waals surface area contributed by atoms with Crippen LogP contribution in [0.5, 0.6) is 17.2 Å². The molecule has 7 heteroatoms. The first-order valence-electron chi connectivity index (χ1n) is 10.3. The highest BCUT2D eigenvalue weighted by Crippen LogP contribution is 2.62. The van der Waals surface area contributed by atoms with E-state index in [0.29, 0.717) is 23.7 Å². The number of methoxy groups -OCH3 is 3. The van der Waals surface area contributed by atoms with Gasteiger partial charge in [-0.05, 0) is 43.5 Å². The molecule has 1 saturated carbocycles. The first-order chi connectivity index (χ1) is 14.9. The molecule has 31 heavy (non-hydrogen) atoms. The third-order valence-electron chi connectivity index (χ3n) is 5.74. The fraction of sp³-hybridized carbons (Fsp3) is 0.417. The third-order valence-corrected chi connectivity index (χ3v) is 5.74. The van der Waals surface area contributed by atoms with Gasteiger partial charge in [-0.1, -0.05) is 30.3 Å². The molecule has 166 valence electrons. The fourth-order valence-electron chi connectivity index (χ4n) is 3.95. The van der Waals surface area contributed by atoms with E-state index < -0.39 is 11.4 Å². The van der Waals surface area contributed by atoms with Gasteiger partial charge >= 0.3 is 5.97 Å². The first kappa shape index (κ1) is 22.5. The summed E-state index contributed by atoms with van der Waals surface area (Å²) in [6, 6.07) is 12.9. The Bertz CT molecular complexity index is 919. The molecule has 0 aliphatic heterocycles. The second-order valence-corrected chi connectivity index (χ2v) is 7.51. The highest BCUT2D eigenvalue weighted by atomic mass is 16.5. The summed E-state index contributed by atoms with van der Waals surface area (Å²) in [5.41, 5.74) is 0.425. The van der Waals surface area contributed by atoms with E-state index in [4.69, 9.17) is 18.9 Å². The van der Waals surface area contributed by atoms with Crippen LogP contribution in [0.3, 0.4) is 0 Å². The van der Waals surface area contributed by atoms with Crippen molar-refractivity contribution in [2.45, 2.75) is 32.2 Å². The quantitative estimate of drug-likeness (QED) is 0.486. The number of rotatable bonds is 9. The van der Waals surface area contributed by atoms with Crippen LogP contribution in [0, 0.1) is 5.41 Å². The Kier molecular flexibility index (Phi) is 6.73. The molecule has 1 aliphatic rings. The van der Waals surface area contributed by atoms with Gasteiger partial charge in [-0.15, -0.1) is 0 Å². The van der Waals surface area contributed by atoms with Gasteiger partial charge in [0.05, 0.1) is 34.0 Å². The van der Waals surface area contributed by atoms with Gasteiger partial charge in [0.25, 0.3) is 0 Å². The molecule has 0 unspecified atom stereocenters. The van der Waals surface area contributed by atoms with Crippen molar-refractivity contribution in [2.75, 3.05) is 27.9 Å². The smallest absolute Gasteiger partial charge is 0.322 e. The molecule has 3 rings (SSSR count). The van der Waals surface area contributed by atoms with Crippen LogP contribution in [0.15, 0.2) is 42.5 Å². The monoisotopic (exact) mass is 427 g/mol. The fourth-order valence-corrected chi connectivity index (χ4v) is 3.95. The maximum Gasteiger partial charge on any atom is 0.322 e. The highest BCUT2D eigenvalue weighted by Gasteiger charge is 2.67. The Hall–Kier alpha value is -3.22. The molecule has 1 aliphatic carbocycles. The summed E-state index contributed by atoms with van der Waals surface area (Å²) < 4.78 is 21.5. The van der Waals surface area contributed by atoms with Gasteiger partial charge < -0.3 is 24.3 Å². The van der Waals surface area contributed by atoms with Crippen molar-refractivity contribution in [2.24, 2.45) is 5.41 Å². The summed E-state index contributed by atoms with van der Waals surface area (Å²) >= 11 is 0. The van der Waals surface area contributed by atoms with E-state index in [2.05, 4.69) is 5.32 Å². The lowest BCUT2D eigenvalue weighted by Gasteiger charge is -2.21. The molecule has 0 bridgehead atoms. The predicted octanol–water partition coefficient (Wildman–Crippen LogP) is 3.63. The Morgan fingerprint density at radius 1 is 1.06 bits per heavy atom. The van der Waals surface area contributed by atoms with Gasteiger partial charge in [-0.2, -0.15) is 0 Å². The highest BCUT2D eigenvalue weighted by molar-refractivity contribution is 6.07. The van der Waals surface area contributed by atoms with Crippen molar-refractivity contribution >= 4 is 11.9 Å². The van der Waals surface area contributed by atoms with E-state index >= 15 is 0 Å². The van der Waals surface area contributed by atoms with Gasteiger partial charge in [0.2, 0.25) is 11.7 Å². The minimum atomic E-state index is -1.29. The van der Waals surface area contributed by atoms with Crippen molar-refractivity contribution in [3.05, 3.63) is 53.6 Å². The van der Waals surface area contributed by atoms with Gasteiger partial charge in [-0.3, -0.25) is 9.59 Å². The Morgan fingerprint density at radius 3 is 2.19 bits per heavy atom. The van der Waals surface area contributed by atoms with Gasteiger partial charge in [0, 0.05) is 5.92 Å². The van der Waals surface area contributed by atoms with E-state index in [1.54, 1.807) is 19.1 Å². The molecular formula is C24H29NO6. The molecule has 7 nitrogen and oxygen atoms in total. The van der Waals surface area contributed by atoms with Crippen LogP contribution in [0.25, 0.3) is 0 Å². The number of hydrogen-bond acceptors (Lipinski definition) is 6. The molecule has 2 aromatic rings. The lowest BCUT2D eigenvalue weighted by molar-refractivity contribution is -0.154. The molecular weight excluding hydrogens is 398 g/mol. The maximum atomic E-state index is 13.3. The van der Waals surface area contributed by atoms with Crippen molar-refractivity contribution in [1.29, 1.82) is 0 Å². The summed E-state index contributed by atoms with van der Waals surface area (Å²) in [5, 5.41) is 2.99. The Balaban J connectivity index is 1.93. The van der Waals surface area contributed by atoms with E-state index in [1.165, 1.54) is 21.3 Å². The van der Waals surface area contributed by atoms with E-state index in [0.717, 1.165) is 11.1 Å². The van der Waals surface area contributed by atoms with Crippen LogP contribution in [0.2, 0.25) is 0 Å². The number of ether oxygens (including phenoxy) is 4. The number of hydrogen-bond donors (Lipinski definition) is 1. The topological polar surface area (TPSA) is 83.1 Å². The molecule has 1 N–H and O–H groups in total. The lowest BCUT2D eigenvalue weighted by Crippen LogP contribution is -2.40. The van der Waals surface area contributed by atoms with Gasteiger partial charge in [0.1, 0.15) is 0 Å². The number of carbonyl (C=O) groups is 2. The molecule has 0 spiro atoms. The van der Waals surface area contributed by atoms with Crippen LogP contribution in [-0.4, -0.2) is 39.8 Å². The second kappa shape index (κ2) is 9.29. The molecule has 0 saturated heterocycles. The van der Waals surface area contributed by atoms with E-state index in [9.17, 15) is 9.59 Å². The Labute approximate surface area is 182 Å². The van der Waals surface area contributed by atoms with Crippen molar-refractivity contribution in [3.8, 4) is 17.2 Å². The van der Waals surface area contributed by atoms with Gasteiger partial charge in [-0.25, -0.2) is 0 Å². The first-order valence-corrected chi connectivity index (χ1v) is 10.3. The standard InChI is InChI=1S/C24H29NO6/c1-6-31-23(27)24(22(26)25-15(2)16-10-8-7-9-11-16)14-18(24)17-12-19(28-3)21(30-5)20(13-17)29-4/h7-13,15,18H,6,14H2,1-5H3,(H,25,26)/t15-,18-,24+/m0/s1. The molecule has 0 heterocycles. The normalized spacial score (nSPS) is 20.4. The average Bonchev–Trinajstić information content (AvgIpc) is 3.56. The summed E-state index contributed by atoms with van der Waals surface area (Å²) in [6.45, 7) is 3.82. The zero-order chi connectivity index (χ0) is 22.6. The summed E-state index contributed by atoms with van der Waals surface area (Å²) in [4.78, 5) is 26.3. The van der Waals surface area contributed by atoms with Gasteiger partial charge in [0.15, 0.2) is 16.9 Å². The number of esters is 1. The molecule has 0 aromatic heterocycles. The summed E-state index contributed by atoms with van der Waals surface area (Å²) in [7, 11) is 4.58. The van der Waals surface area contributed by atoms with E-state index in [1.807, 2.05) is 37.3 Å². The molecule has 1 fully saturated rings. The SMILES string of the molecule is CCOC(=O)[C@]1(C(=O)N[C@@H](C)c2ccccc2)C[C@H]1c1cc(OC)c(OC)c(OC)c1. The molecule has 2 aromatic carbocycles. The zero-order valence-corrected chi connectivity index (χ0v) is 18.6. The third kappa shape index (κ3) is 4.17. The van der Waals surface area contributed by atoms with Crippen LogP contribution in [-0.2, 0) is 14.3 Å². The van der Waals surface area contributed by atoms with Crippen molar-refractivity contribution in [1.82, 2.24) is 5.32 Å². The number of benzene rings is 2. The number of carbonyl (C=O) groups excluding carboxylic acids is 2. The predicted molar refractivity (Wildman–Crippen MR) is 116 cm³/mol. The number of nitrogens with one attached hydrogen (secondary N) is 1. The second-order valence-electron chi connectivity index (χ2n) is 7.51. The van der Waals surface area contributed by atoms with Crippen LogP contribution < -0.4 is 19.5 Å². The van der Waals surface area contributed by atoms with Crippen molar-refractivity contribution < 1.29 is 28.5 Å². The van der Waals surface area contributed by atoms with Crippen LogP contribution in [0.4, 0.5) is 0 Å². The van der Waals surface area contributed by atoms with Crippen molar-refractivity contribution in [3.63, 3.8) is 0 Å². The number of amides is 1. The zero-order valence-electron chi connectivity index (χ0n) is 18.6. The van der Waals surface area contributed by atoms with Crippen LogP contribution >= 0.6 is 0 Å². The molecule has 0 radical (unpaired) electrons. The molecule has 3 atom stereocenters. The minimum Gasteiger partial charge on any atom is -0.493 e. The largest absolute Gasteiger partial charge is 0.493 e. The average molecular weight is 427 g/mol. The lowest BCUT2D eigenvalue weighted by atomic mass is 9.96. The maximum absolute atomic E-state index is 13.3. The minimum absolute atomic E-state index is 0.198. The summed E-state index contributed by atoms with van der Waals surface area (Å²) in [6.07, 6.45) is 0.345. The molecule has 1 amide bonds.